The normalized spacial score (nSPS) is 53.7. The van der Waals surface area contributed by atoms with Crippen LogP contribution in [0.3, 0.4) is 0 Å². The van der Waals surface area contributed by atoms with E-state index >= 15 is 0 Å². The molecule has 0 radical (unpaired) electrons. The molecule has 0 spiro atoms. The quantitative estimate of drug-likeness (QED) is 0.821. The van der Waals surface area contributed by atoms with Crippen molar-refractivity contribution in [2.24, 2.45) is 23.7 Å². The van der Waals surface area contributed by atoms with Crippen molar-refractivity contribution < 1.29 is 0 Å². The summed E-state index contributed by atoms with van der Waals surface area (Å²) in [6.07, 6.45) is 12.4. The van der Waals surface area contributed by atoms with Gasteiger partial charge in [-0.05, 0) is 75.0 Å². The van der Waals surface area contributed by atoms with Crippen LogP contribution in [0.25, 0.3) is 0 Å². The molecule has 1 saturated heterocycles. The van der Waals surface area contributed by atoms with E-state index in [9.17, 15) is 0 Å². The van der Waals surface area contributed by atoms with E-state index in [0.717, 1.165) is 29.7 Å². The molecule has 1 aliphatic heterocycles. The molecule has 2 heteroatoms. The van der Waals surface area contributed by atoms with Crippen molar-refractivity contribution in [2.75, 3.05) is 19.6 Å². The van der Waals surface area contributed by atoms with E-state index in [1.807, 2.05) is 0 Å². The average molecular weight is 260 g/mol. The lowest BCUT2D eigenvalue weighted by Gasteiger charge is -2.61. The Morgan fingerprint density at radius 2 is 1.53 bits per heavy atom. The highest BCUT2D eigenvalue weighted by molar-refractivity contribution is 5.09. The highest BCUT2D eigenvalue weighted by atomic mass is 15.3. The molecule has 6 aliphatic rings. The van der Waals surface area contributed by atoms with Crippen molar-refractivity contribution in [1.82, 2.24) is 10.2 Å². The Kier molecular flexibility index (Phi) is 2.42. The third-order valence-corrected chi connectivity index (χ3v) is 7.07. The summed E-state index contributed by atoms with van der Waals surface area (Å²) >= 11 is 0. The minimum absolute atomic E-state index is 0.657. The van der Waals surface area contributed by atoms with Crippen molar-refractivity contribution >= 4 is 0 Å². The molecule has 5 saturated carbocycles. The SMILES string of the molecule is C1CN(C23CC4CC(CC(C4)C2)C3)CC(C2CC2)N1. The third-order valence-electron chi connectivity index (χ3n) is 7.07. The van der Waals surface area contributed by atoms with Gasteiger partial charge in [0.2, 0.25) is 0 Å². The minimum atomic E-state index is 0.657. The second-order valence-corrected chi connectivity index (χ2v) is 8.49. The summed E-state index contributed by atoms with van der Waals surface area (Å²) in [5.74, 6) is 4.32. The molecule has 0 aromatic rings. The third kappa shape index (κ3) is 1.82. The van der Waals surface area contributed by atoms with E-state index in [4.69, 9.17) is 0 Å². The summed E-state index contributed by atoms with van der Waals surface area (Å²) < 4.78 is 0. The predicted octanol–water partition coefficient (Wildman–Crippen LogP) is 2.64. The Morgan fingerprint density at radius 1 is 0.895 bits per heavy atom. The number of piperazine rings is 1. The van der Waals surface area contributed by atoms with Gasteiger partial charge < -0.3 is 5.32 Å². The molecule has 1 N–H and O–H groups in total. The van der Waals surface area contributed by atoms with Crippen LogP contribution in [0.4, 0.5) is 0 Å². The van der Waals surface area contributed by atoms with Crippen LogP contribution in [-0.4, -0.2) is 36.1 Å². The molecular formula is C17H28N2. The lowest BCUT2D eigenvalue weighted by Crippen LogP contribution is -2.65. The van der Waals surface area contributed by atoms with Gasteiger partial charge in [0.1, 0.15) is 0 Å². The summed E-state index contributed by atoms with van der Waals surface area (Å²) in [5, 5.41) is 3.80. The first-order valence-corrected chi connectivity index (χ1v) is 8.79. The minimum Gasteiger partial charge on any atom is -0.311 e. The first-order valence-electron chi connectivity index (χ1n) is 8.79. The molecule has 0 aromatic carbocycles. The summed E-state index contributed by atoms with van der Waals surface area (Å²) in [6, 6.07) is 0.835. The number of rotatable bonds is 2. The maximum atomic E-state index is 3.80. The van der Waals surface area contributed by atoms with Crippen LogP contribution < -0.4 is 5.32 Å². The topological polar surface area (TPSA) is 15.3 Å². The van der Waals surface area contributed by atoms with Gasteiger partial charge in [0.25, 0.3) is 0 Å². The number of nitrogens with one attached hydrogen (secondary N) is 1. The van der Waals surface area contributed by atoms with Crippen LogP contribution >= 0.6 is 0 Å². The highest BCUT2D eigenvalue weighted by Crippen LogP contribution is 2.58. The second-order valence-electron chi connectivity index (χ2n) is 8.49. The fourth-order valence-electron chi connectivity index (χ4n) is 6.48. The van der Waals surface area contributed by atoms with E-state index in [-0.39, 0.29) is 0 Å². The van der Waals surface area contributed by atoms with Gasteiger partial charge in [0.05, 0.1) is 0 Å². The summed E-state index contributed by atoms with van der Waals surface area (Å²) in [7, 11) is 0. The van der Waals surface area contributed by atoms with Gasteiger partial charge in [-0.25, -0.2) is 0 Å². The smallest absolute Gasteiger partial charge is 0.0224 e. The van der Waals surface area contributed by atoms with Crippen LogP contribution in [0.5, 0.6) is 0 Å². The summed E-state index contributed by atoms with van der Waals surface area (Å²) in [5.41, 5.74) is 0.657. The Balaban J connectivity index is 1.39. The van der Waals surface area contributed by atoms with E-state index in [2.05, 4.69) is 10.2 Å². The predicted molar refractivity (Wildman–Crippen MR) is 77.0 cm³/mol. The largest absolute Gasteiger partial charge is 0.311 e. The van der Waals surface area contributed by atoms with Crippen LogP contribution in [0.1, 0.15) is 51.4 Å². The maximum absolute atomic E-state index is 3.80. The van der Waals surface area contributed by atoms with Gasteiger partial charge >= 0.3 is 0 Å². The Morgan fingerprint density at radius 3 is 2.11 bits per heavy atom. The van der Waals surface area contributed by atoms with Crippen LogP contribution in [0.2, 0.25) is 0 Å². The highest BCUT2D eigenvalue weighted by Gasteiger charge is 2.54. The number of nitrogens with zero attached hydrogens (tertiary/aromatic N) is 1. The van der Waals surface area contributed by atoms with Gasteiger partial charge in [-0.15, -0.1) is 0 Å². The fourth-order valence-corrected chi connectivity index (χ4v) is 6.48. The molecule has 2 nitrogen and oxygen atoms in total. The van der Waals surface area contributed by atoms with Gasteiger partial charge in [-0.2, -0.15) is 0 Å². The van der Waals surface area contributed by atoms with E-state index in [1.165, 1.54) is 32.5 Å². The molecule has 1 unspecified atom stereocenters. The Labute approximate surface area is 117 Å². The van der Waals surface area contributed by atoms with Crippen LogP contribution in [-0.2, 0) is 0 Å². The van der Waals surface area contributed by atoms with Crippen molar-refractivity contribution in [1.29, 1.82) is 0 Å². The lowest BCUT2D eigenvalue weighted by molar-refractivity contribution is -0.0974. The monoisotopic (exact) mass is 260 g/mol. The fraction of sp³-hybridized carbons (Fsp3) is 1.00. The molecule has 1 heterocycles. The molecule has 0 amide bonds. The number of hydrogen-bond acceptors (Lipinski definition) is 2. The average Bonchev–Trinajstić information content (AvgIpc) is 3.21. The van der Waals surface area contributed by atoms with E-state index in [1.54, 1.807) is 38.5 Å². The van der Waals surface area contributed by atoms with Crippen molar-refractivity contribution in [2.45, 2.75) is 62.9 Å². The molecule has 5 aliphatic carbocycles. The zero-order valence-corrected chi connectivity index (χ0v) is 12.1. The van der Waals surface area contributed by atoms with Crippen molar-refractivity contribution in [3.8, 4) is 0 Å². The van der Waals surface area contributed by atoms with E-state index < -0.39 is 0 Å². The second kappa shape index (κ2) is 3.98. The molecule has 106 valence electrons. The standard InChI is InChI=1S/C17H28N2/c1-2-15(1)16-11-19(4-3-18-16)17-8-12-5-13(9-17)7-14(6-12)10-17/h12-16,18H,1-11H2. The zero-order valence-electron chi connectivity index (χ0n) is 12.1. The molecule has 4 bridgehead atoms. The molecule has 1 atom stereocenters. The van der Waals surface area contributed by atoms with Crippen molar-refractivity contribution in [3.05, 3.63) is 0 Å². The summed E-state index contributed by atoms with van der Waals surface area (Å²) in [6.45, 7) is 3.95. The van der Waals surface area contributed by atoms with Gasteiger partial charge in [0.15, 0.2) is 0 Å². The van der Waals surface area contributed by atoms with Crippen molar-refractivity contribution in [3.63, 3.8) is 0 Å². The Bertz CT molecular complexity index is 338. The van der Waals surface area contributed by atoms with E-state index in [0.29, 0.717) is 5.54 Å². The van der Waals surface area contributed by atoms with Gasteiger partial charge in [-0.3, -0.25) is 4.90 Å². The van der Waals surface area contributed by atoms with Gasteiger partial charge in [0, 0.05) is 31.2 Å². The maximum Gasteiger partial charge on any atom is 0.0224 e. The first-order chi connectivity index (χ1) is 9.31. The molecule has 19 heavy (non-hydrogen) atoms. The molecule has 6 rings (SSSR count). The number of hydrogen-bond donors (Lipinski definition) is 1. The van der Waals surface area contributed by atoms with Crippen LogP contribution in [0.15, 0.2) is 0 Å². The Hall–Kier alpha value is -0.0800. The molecule has 0 aromatic heterocycles. The summed E-state index contributed by atoms with van der Waals surface area (Å²) in [4.78, 5) is 2.97. The first kappa shape index (κ1) is 11.6. The lowest BCUT2D eigenvalue weighted by atomic mass is 9.52. The molecule has 6 fully saturated rings. The van der Waals surface area contributed by atoms with Gasteiger partial charge in [-0.1, -0.05) is 0 Å². The zero-order chi connectivity index (χ0) is 12.4. The molecular weight excluding hydrogens is 232 g/mol. The van der Waals surface area contributed by atoms with Crippen LogP contribution in [0, 0.1) is 23.7 Å².